The highest BCUT2D eigenvalue weighted by molar-refractivity contribution is 5.81. The molecule has 3 atom stereocenters. The summed E-state index contributed by atoms with van der Waals surface area (Å²) in [4.78, 5) is 11.2. The minimum atomic E-state index is -0.642. The first kappa shape index (κ1) is 10.7. The number of rotatable bonds is 3. The maximum atomic E-state index is 11.2. The molecule has 1 aliphatic carbocycles. The zero-order chi connectivity index (χ0) is 10.9. The van der Waals surface area contributed by atoms with Crippen molar-refractivity contribution in [2.24, 2.45) is 5.92 Å². The predicted molar refractivity (Wildman–Crippen MR) is 56.1 cm³/mol. The summed E-state index contributed by atoms with van der Waals surface area (Å²) < 4.78 is 11.1. The van der Waals surface area contributed by atoms with Gasteiger partial charge in [-0.3, -0.25) is 0 Å². The third kappa shape index (κ3) is 1.69. The quantitative estimate of drug-likeness (QED) is 0.530. The van der Waals surface area contributed by atoms with Crippen molar-refractivity contribution in [1.82, 2.24) is 0 Å². The lowest BCUT2D eigenvalue weighted by molar-refractivity contribution is -0.374. The first-order valence-electron chi connectivity index (χ1n) is 5.75. The third-order valence-corrected chi connectivity index (χ3v) is 3.55. The molecule has 1 saturated carbocycles. The van der Waals surface area contributed by atoms with Crippen LogP contribution in [-0.2, 0) is 14.3 Å². The molecule has 2 rings (SSSR count). The molecule has 0 amide bonds. The van der Waals surface area contributed by atoms with E-state index in [4.69, 9.17) is 9.47 Å². The first-order chi connectivity index (χ1) is 7.22. The van der Waals surface area contributed by atoms with Crippen molar-refractivity contribution >= 4 is 5.97 Å². The van der Waals surface area contributed by atoms with Gasteiger partial charge in [-0.1, -0.05) is 26.3 Å². The Bertz CT molecular complexity index is 274. The highest BCUT2D eigenvalue weighted by Gasteiger charge is 2.57. The number of fused-ring (bicyclic) bond motifs is 1. The van der Waals surface area contributed by atoms with Gasteiger partial charge in [-0.05, 0) is 12.8 Å². The second-order valence-electron chi connectivity index (χ2n) is 4.34. The Labute approximate surface area is 90.4 Å². The van der Waals surface area contributed by atoms with E-state index in [-0.39, 0.29) is 5.97 Å². The second kappa shape index (κ2) is 3.97. The molecule has 0 bridgehead atoms. The maximum absolute atomic E-state index is 11.2. The van der Waals surface area contributed by atoms with Crippen LogP contribution in [0, 0.1) is 5.92 Å². The van der Waals surface area contributed by atoms with E-state index in [2.05, 4.69) is 6.58 Å². The van der Waals surface area contributed by atoms with E-state index in [0.29, 0.717) is 12.0 Å². The van der Waals surface area contributed by atoms with Crippen molar-refractivity contribution < 1.29 is 14.3 Å². The van der Waals surface area contributed by atoms with E-state index in [0.717, 1.165) is 19.3 Å². The normalized spacial score (nSPS) is 38.7. The van der Waals surface area contributed by atoms with Gasteiger partial charge in [0.15, 0.2) is 0 Å². The minimum absolute atomic E-state index is 0.316. The number of hydrogen-bond donors (Lipinski definition) is 0. The van der Waals surface area contributed by atoms with Crippen molar-refractivity contribution in [3.8, 4) is 0 Å². The van der Waals surface area contributed by atoms with Gasteiger partial charge in [-0.15, -0.1) is 0 Å². The molecule has 0 aromatic carbocycles. The minimum Gasteiger partial charge on any atom is -0.429 e. The monoisotopic (exact) mass is 210 g/mol. The molecule has 0 aromatic rings. The molecule has 0 spiro atoms. The Hall–Kier alpha value is -0.830. The van der Waals surface area contributed by atoms with Crippen LogP contribution in [0.5, 0.6) is 0 Å². The summed E-state index contributed by atoms with van der Waals surface area (Å²) in [6.07, 6.45) is 6.93. The van der Waals surface area contributed by atoms with Gasteiger partial charge < -0.3 is 9.47 Å². The first-order valence-corrected chi connectivity index (χ1v) is 5.75. The largest absolute Gasteiger partial charge is 0.429 e. The summed E-state index contributed by atoms with van der Waals surface area (Å²) in [7, 11) is 0. The van der Waals surface area contributed by atoms with E-state index >= 15 is 0 Å². The SMILES string of the molecule is C=CC(=O)OC1(CC)OC2CCCCC21. The Morgan fingerprint density at radius 1 is 1.60 bits per heavy atom. The number of hydrogen-bond acceptors (Lipinski definition) is 3. The Kier molecular flexibility index (Phi) is 2.83. The number of carbonyl (C=O) groups is 1. The summed E-state index contributed by atoms with van der Waals surface area (Å²) in [6, 6.07) is 0. The molecule has 3 heteroatoms. The third-order valence-electron chi connectivity index (χ3n) is 3.55. The molecule has 15 heavy (non-hydrogen) atoms. The fraction of sp³-hybridized carbons (Fsp3) is 0.750. The fourth-order valence-electron chi connectivity index (χ4n) is 2.74. The second-order valence-corrected chi connectivity index (χ2v) is 4.34. The molecule has 3 nitrogen and oxygen atoms in total. The zero-order valence-corrected chi connectivity index (χ0v) is 9.20. The average molecular weight is 210 g/mol. The van der Waals surface area contributed by atoms with Gasteiger partial charge >= 0.3 is 5.97 Å². The molecule has 2 aliphatic rings. The summed E-state index contributed by atoms with van der Waals surface area (Å²) in [5.74, 6) is -0.614. The van der Waals surface area contributed by atoms with Crippen LogP contribution in [-0.4, -0.2) is 17.9 Å². The molecule has 0 N–H and O–H groups in total. The van der Waals surface area contributed by atoms with Crippen molar-refractivity contribution in [1.29, 1.82) is 0 Å². The van der Waals surface area contributed by atoms with Crippen LogP contribution in [0.1, 0.15) is 39.0 Å². The fourth-order valence-corrected chi connectivity index (χ4v) is 2.74. The maximum Gasteiger partial charge on any atom is 0.332 e. The highest BCUT2D eigenvalue weighted by atomic mass is 16.7. The molecule has 84 valence electrons. The summed E-state index contributed by atoms with van der Waals surface area (Å²) in [6.45, 7) is 5.41. The van der Waals surface area contributed by atoms with Gasteiger partial charge in [0.25, 0.3) is 0 Å². The van der Waals surface area contributed by atoms with Crippen LogP contribution in [0.2, 0.25) is 0 Å². The molecular weight excluding hydrogens is 192 g/mol. The van der Waals surface area contributed by atoms with Crippen LogP contribution in [0.15, 0.2) is 12.7 Å². The van der Waals surface area contributed by atoms with Crippen LogP contribution in [0.3, 0.4) is 0 Å². The van der Waals surface area contributed by atoms with E-state index < -0.39 is 5.79 Å². The molecule has 3 unspecified atom stereocenters. The Morgan fingerprint density at radius 2 is 2.33 bits per heavy atom. The molecule has 1 heterocycles. The van der Waals surface area contributed by atoms with Gasteiger partial charge in [0, 0.05) is 12.5 Å². The molecule has 1 saturated heterocycles. The predicted octanol–water partition coefficient (Wildman–Crippen LogP) is 2.41. The van der Waals surface area contributed by atoms with Crippen molar-refractivity contribution in [3.05, 3.63) is 12.7 Å². The lowest BCUT2D eigenvalue weighted by Crippen LogP contribution is -2.62. The van der Waals surface area contributed by atoms with Crippen LogP contribution in [0.4, 0.5) is 0 Å². The van der Waals surface area contributed by atoms with E-state index in [9.17, 15) is 4.79 Å². The van der Waals surface area contributed by atoms with E-state index in [1.54, 1.807) is 0 Å². The Balaban J connectivity index is 2.04. The van der Waals surface area contributed by atoms with Crippen molar-refractivity contribution in [2.45, 2.75) is 50.9 Å². The van der Waals surface area contributed by atoms with E-state index in [1.807, 2.05) is 6.92 Å². The highest BCUT2D eigenvalue weighted by Crippen LogP contribution is 2.49. The van der Waals surface area contributed by atoms with Crippen LogP contribution >= 0.6 is 0 Å². The van der Waals surface area contributed by atoms with Crippen molar-refractivity contribution in [3.63, 3.8) is 0 Å². The molecule has 0 radical (unpaired) electrons. The molecule has 2 fully saturated rings. The van der Waals surface area contributed by atoms with Crippen LogP contribution in [0.25, 0.3) is 0 Å². The summed E-state index contributed by atoms with van der Waals surface area (Å²) in [5, 5.41) is 0. The smallest absolute Gasteiger partial charge is 0.332 e. The Morgan fingerprint density at radius 3 is 2.93 bits per heavy atom. The number of ether oxygens (including phenoxy) is 2. The number of carbonyl (C=O) groups excluding carboxylic acids is 1. The topological polar surface area (TPSA) is 35.5 Å². The molecule has 1 aliphatic heterocycles. The zero-order valence-electron chi connectivity index (χ0n) is 9.20. The van der Waals surface area contributed by atoms with Crippen molar-refractivity contribution in [2.75, 3.05) is 0 Å². The summed E-state index contributed by atoms with van der Waals surface area (Å²) in [5.41, 5.74) is 0. The van der Waals surface area contributed by atoms with Gasteiger partial charge in [-0.2, -0.15) is 0 Å². The standard InChI is InChI=1S/C12H18O3/c1-3-11(13)15-12(4-2)9-7-5-6-8-10(9)14-12/h3,9-10H,1,4-8H2,2H3. The summed E-state index contributed by atoms with van der Waals surface area (Å²) >= 11 is 0. The lowest BCUT2D eigenvalue weighted by Gasteiger charge is -2.55. The molecule has 0 aromatic heterocycles. The van der Waals surface area contributed by atoms with Gasteiger partial charge in [0.2, 0.25) is 5.79 Å². The van der Waals surface area contributed by atoms with Gasteiger partial charge in [0.05, 0.1) is 12.0 Å². The number of esters is 1. The van der Waals surface area contributed by atoms with Crippen LogP contribution < -0.4 is 0 Å². The average Bonchev–Trinajstić information content (AvgIpc) is 2.25. The van der Waals surface area contributed by atoms with Gasteiger partial charge in [-0.25, -0.2) is 4.79 Å². The lowest BCUT2D eigenvalue weighted by atomic mass is 9.74. The van der Waals surface area contributed by atoms with E-state index in [1.165, 1.54) is 18.9 Å². The molecular formula is C12H18O3. The van der Waals surface area contributed by atoms with Gasteiger partial charge in [0.1, 0.15) is 0 Å².